The summed E-state index contributed by atoms with van der Waals surface area (Å²) in [6.07, 6.45) is 4.07. The second kappa shape index (κ2) is 7.19. The molecule has 5 rings (SSSR count). The minimum Gasteiger partial charge on any atom is -0.496 e. The molecular formula is C22H21ClN4O2. The van der Waals surface area contributed by atoms with E-state index in [1.54, 1.807) is 7.11 Å². The van der Waals surface area contributed by atoms with Crippen LogP contribution in [-0.2, 0) is 4.79 Å². The summed E-state index contributed by atoms with van der Waals surface area (Å²) in [6, 6.07) is 15.4. The average molecular weight is 409 g/mol. The highest BCUT2D eigenvalue weighted by molar-refractivity contribution is 6.30. The number of aromatic nitrogens is 3. The van der Waals surface area contributed by atoms with Crippen LogP contribution in [-0.4, -0.2) is 27.8 Å². The van der Waals surface area contributed by atoms with Crippen molar-refractivity contribution in [2.45, 2.75) is 31.3 Å². The zero-order valence-corrected chi connectivity index (χ0v) is 16.8. The quantitative estimate of drug-likeness (QED) is 0.641. The van der Waals surface area contributed by atoms with Gasteiger partial charge in [-0.05, 0) is 43.0 Å². The number of carbonyl (C=O) groups excluding carboxylic acids is 1. The third-order valence-electron chi connectivity index (χ3n) is 5.74. The molecule has 7 heteroatoms. The summed E-state index contributed by atoms with van der Waals surface area (Å²) >= 11 is 6.11. The van der Waals surface area contributed by atoms with E-state index in [0.717, 1.165) is 29.7 Å². The number of rotatable bonds is 4. The average Bonchev–Trinajstić information content (AvgIpc) is 3.49. The Bertz CT molecular complexity index is 1040. The van der Waals surface area contributed by atoms with Crippen molar-refractivity contribution in [1.82, 2.24) is 14.8 Å². The first-order valence-corrected chi connectivity index (χ1v) is 10.2. The van der Waals surface area contributed by atoms with E-state index in [4.69, 9.17) is 16.3 Å². The van der Waals surface area contributed by atoms with Crippen molar-refractivity contribution in [3.8, 4) is 5.75 Å². The fraction of sp³-hybridized carbons (Fsp3) is 0.318. The van der Waals surface area contributed by atoms with E-state index in [9.17, 15) is 4.79 Å². The van der Waals surface area contributed by atoms with Crippen LogP contribution in [0.5, 0.6) is 5.75 Å². The lowest BCUT2D eigenvalue weighted by molar-refractivity contribution is -0.120. The Hall–Kier alpha value is -2.86. The Labute approximate surface area is 174 Å². The number of hydrogen-bond acceptors (Lipinski definition) is 4. The van der Waals surface area contributed by atoms with Crippen LogP contribution in [0.15, 0.2) is 54.9 Å². The molecule has 0 spiro atoms. The van der Waals surface area contributed by atoms with E-state index in [2.05, 4.69) is 10.1 Å². The summed E-state index contributed by atoms with van der Waals surface area (Å²) in [6.45, 7) is 0. The Morgan fingerprint density at radius 2 is 1.86 bits per heavy atom. The molecule has 1 saturated carbocycles. The highest BCUT2D eigenvalue weighted by atomic mass is 35.5. The van der Waals surface area contributed by atoms with Gasteiger partial charge in [0.25, 0.3) is 0 Å². The van der Waals surface area contributed by atoms with Crippen LogP contribution < -0.4 is 9.64 Å². The molecule has 1 aliphatic carbocycles. The van der Waals surface area contributed by atoms with Gasteiger partial charge in [-0.3, -0.25) is 9.69 Å². The van der Waals surface area contributed by atoms with Gasteiger partial charge in [0.05, 0.1) is 19.2 Å². The van der Waals surface area contributed by atoms with Gasteiger partial charge >= 0.3 is 0 Å². The number of carbonyl (C=O) groups is 1. The molecule has 29 heavy (non-hydrogen) atoms. The molecule has 2 aromatic carbocycles. The molecule has 0 saturated heterocycles. The number of amides is 1. The molecule has 1 amide bonds. The summed E-state index contributed by atoms with van der Waals surface area (Å²) in [5.74, 6) is 1.59. The summed E-state index contributed by atoms with van der Waals surface area (Å²) in [4.78, 5) is 19.5. The fourth-order valence-corrected chi connectivity index (χ4v) is 4.27. The fourth-order valence-electron chi connectivity index (χ4n) is 4.14. The summed E-state index contributed by atoms with van der Waals surface area (Å²) in [5, 5.41) is 5.15. The maximum absolute atomic E-state index is 13.2. The van der Waals surface area contributed by atoms with E-state index in [1.807, 2.05) is 58.1 Å². The third-order valence-corrected chi connectivity index (χ3v) is 5.99. The van der Waals surface area contributed by atoms with Crippen molar-refractivity contribution in [2.75, 3.05) is 12.0 Å². The molecule has 3 aromatic rings. The van der Waals surface area contributed by atoms with E-state index in [0.29, 0.717) is 17.4 Å². The van der Waals surface area contributed by atoms with E-state index in [1.165, 1.54) is 6.33 Å². The lowest BCUT2D eigenvalue weighted by atomic mass is 9.91. The lowest BCUT2D eigenvalue weighted by Crippen LogP contribution is -2.43. The Morgan fingerprint density at radius 3 is 2.59 bits per heavy atom. The summed E-state index contributed by atoms with van der Waals surface area (Å²) < 4.78 is 7.46. The second-order valence-corrected chi connectivity index (χ2v) is 7.98. The number of anilines is 1. The summed E-state index contributed by atoms with van der Waals surface area (Å²) in [7, 11) is 1.67. The molecule has 0 radical (unpaired) electrons. The van der Waals surface area contributed by atoms with Gasteiger partial charge in [-0.25, -0.2) is 4.68 Å². The minimum atomic E-state index is -0.146. The van der Waals surface area contributed by atoms with Crippen LogP contribution in [0.4, 0.5) is 5.95 Å². The number of hydrogen-bond donors (Lipinski definition) is 0. The van der Waals surface area contributed by atoms with Gasteiger partial charge in [-0.15, -0.1) is 0 Å². The first-order chi connectivity index (χ1) is 14.2. The number of ether oxygens (including phenoxy) is 1. The molecule has 1 aromatic heterocycles. The van der Waals surface area contributed by atoms with Gasteiger partial charge in [0.15, 0.2) is 0 Å². The smallest absolute Gasteiger partial charge is 0.233 e. The monoisotopic (exact) mass is 408 g/mol. The van der Waals surface area contributed by atoms with E-state index < -0.39 is 0 Å². The van der Waals surface area contributed by atoms with Gasteiger partial charge < -0.3 is 4.74 Å². The first-order valence-electron chi connectivity index (χ1n) is 9.78. The van der Waals surface area contributed by atoms with Crippen molar-refractivity contribution in [3.63, 3.8) is 0 Å². The largest absolute Gasteiger partial charge is 0.496 e. The Morgan fingerprint density at radius 1 is 1.10 bits per heavy atom. The molecule has 148 valence electrons. The molecule has 2 aliphatic rings. The highest BCUT2D eigenvalue weighted by Gasteiger charge is 2.44. The molecule has 1 aliphatic heterocycles. The van der Waals surface area contributed by atoms with Crippen LogP contribution in [0.2, 0.25) is 5.02 Å². The standard InChI is InChI=1S/C22H21ClN4O2/c1-29-20-5-3-2-4-17(20)19-12-18(14-8-10-16(23)11-9-14)26(21(28)15-6-7-15)22-24-13-25-27(19)22/h2-5,8-11,13,15,18-19H,6-7,12H2,1H3/t18-,19-/m0/s1. The Kier molecular flexibility index (Phi) is 4.51. The molecule has 6 nitrogen and oxygen atoms in total. The number of para-hydroxylation sites is 1. The van der Waals surface area contributed by atoms with Crippen LogP contribution in [0.1, 0.15) is 42.5 Å². The van der Waals surface area contributed by atoms with Crippen molar-refractivity contribution < 1.29 is 9.53 Å². The van der Waals surface area contributed by atoms with Gasteiger partial charge in [-0.1, -0.05) is 41.9 Å². The number of nitrogens with zero attached hydrogens (tertiary/aromatic N) is 4. The maximum atomic E-state index is 13.2. The lowest BCUT2D eigenvalue weighted by Gasteiger charge is -2.39. The molecule has 2 atom stereocenters. The predicted octanol–water partition coefficient (Wildman–Crippen LogP) is 4.42. The normalized spacial score (nSPS) is 21.0. The maximum Gasteiger partial charge on any atom is 0.233 e. The van der Waals surface area contributed by atoms with Crippen LogP contribution in [0.3, 0.4) is 0 Å². The number of halogens is 1. The molecule has 1 fully saturated rings. The highest BCUT2D eigenvalue weighted by Crippen LogP contribution is 2.46. The second-order valence-electron chi connectivity index (χ2n) is 7.55. The molecule has 0 bridgehead atoms. The zero-order chi connectivity index (χ0) is 20.0. The molecule has 0 unspecified atom stereocenters. The van der Waals surface area contributed by atoms with Gasteiger partial charge in [-0.2, -0.15) is 10.1 Å². The molecular weight excluding hydrogens is 388 g/mol. The Balaban J connectivity index is 1.64. The van der Waals surface area contributed by atoms with Crippen molar-refractivity contribution >= 4 is 23.5 Å². The topological polar surface area (TPSA) is 60.2 Å². The van der Waals surface area contributed by atoms with Crippen LogP contribution >= 0.6 is 11.6 Å². The number of fused-ring (bicyclic) bond motifs is 1. The number of benzene rings is 2. The van der Waals surface area contributed by atoms with Crippen molar-refractivity contribution in [3.05, 3.63) is 71.0 Å². The summed E-state index contributed by atoms with van der Waals surface area (Å²) in [5.41, 5.74) is 2.07. The van der Waals surface area contributed by atoms with Gasteiger partial charge in [0.1, 0.15) is 12.1 Å². The molecule has 2 heterocycles. The van der Waals surface area contributed by atoms with Gasteiger partial charge in [0.2, 0.25) is 11.9 Å². The van der Waals surface area contributed by atoms with E-state index >= 15 is 0 Å². The van der Waals surface area contributed by atoms with Crippen molar-refractivity contribution in [1.29, 1.82) is 0 Å². The van der Waals surface area contributed by atoms with Crippen molar-refractivity contribution in [2.24, 2.45) is 5.92 Å². The predicted molar refractivity (Wildman–Crippen MR) is 110 cm³/mol. The zero-order valence-electron chi connectivity index (χ0n) is 16.0. The van der Waals surface area contributed by atoms with Crippen LogP contribution in [0, 0.1) is 5.92 Å². The van der Waals surface area contributed by atoms with Crippen LogP contribution in [0.25, 0.3) is 0 Å². The third kappa shape index (κ3) is 3.17. The SMILES string of the molecule is COc1ccccc1[C@@H]1C[C@@H](c2ccc(Cl)cc2)N(C(=O)C2CC2)c2ncnn21. The molecule has 0 N–H and O–H groups in total. The van der Waals surface area contributed by atoms with Gasteiger partial charge in [0, 0.05) is 16.5 Å². The first kappa shape index (κ1) is 18.2. The number of methoxy groups -OCH3 is 1. The minimum absolute atomic E-state index is 0.0813. The van der Waals surface area contributed by atoms with E-state index in [-0.39, 0.29) is 23.9 Å².